The maximum Gasteiger partial charge on any atom is 0.227 e. The van der Waals surface area contributed by atoms with Crippen LogP contribution in [0.25, 0.3) is 0 Å². The van der Waals surface area contributed by atoms with Gasteiger partial charge < -0.3 is 15.0 Å². The van der Waals surface area contributed by atoms with Crippen molar-refractivity contribution in [3.63, 3.8) is 0 Å². The van der Waals surface area contributed by atoms with Gasteiger partial charge in [0.05, 0.1) is 13.0 Å². The monoisotopic (exact) mass is 338 g/mol. The number of para-hydroxylation sites is 1. The maximum atomic E-state index is 12.5. The lowest BCUT2D eigenvalue weighted by atomic mass is 10.1. The average molecular weight is 338 g/mol. The smallest absolute Gasteiger partial charge is 0.227 e. The molecule has 1 aliphatic heterocycles. The Morgan fingerprint density at radius 2 is 1.92 bits per heavy atom. The van der Waals surface area contributed by atoms with Crippen LogP contribution < -0.4 is 15.0 Å². The molecule has 0 aromatic heterocycles. The van der Waals surface area contributed by atoms with Gasteiger partial charge in [0, 0.05) is 30.8 Å². The Hall–Kier alpha value is -2.82. The van der Waals surface area contributed by atoms with Crippen molar-refractivity contribution < 1.29 is 14.3 Å². The van der Waals surface area contributed by atoms with E-state index < -0.39 is 0 Å². The van der Waals surface area contributed by atoms with Crippen molar-refractivity contribution in [2.24, 2.45) is 5.92 Å². The van der Waals surface area contributed by atoms with E-state index in [9.17, 15) is 9.59 Å². The predicted octanol–water partition coefficient (Wildman–Crippen LogP) is 2.67. The number of nitrogens with zero attached hydrogens (tertiary/aromatic N) is 1. The second-order valence-electron chi connectivity index (χ2n) is 6.27. The van der Waals surface area contributed by atoms with Crippen LogP contribution in [0.4, 0.5) is 5.69 Å². The number of hydrogen-bond acceptors (Lipinski definition) is 3. The van der Waals surface area contributed by atoms with Crippen molar-refractivity contribution in [3.05, 3.63) is 59.7 Å². The molecule has 0 aliphatic carbocycles. The molecule has 0 saturated carbocycles. The summed E-state index contributed by atoms with van der Waals surface area (Å²) in [6.07, 6.45) is 0.242. The number of amides is 2. The Morgan fingerprint density at radius 3 is 2.64 bits per heavy atom. The van der Waals surface area contributed by atoms with Crippen molar-refractivity contribution in [2.75, 3.05) is 18.6 Å². The van der Waals surface area contributed by atoms with E-state index in [4.69, 9.17) is 4.74 Å². The quantitative estimate of drug-likeness (QED) is 0.912. The van der Waals surface area contributed by atoms with Gasteiger partial charge in [-0.1, -0.05) is 35.9 Å². The van der Waals surface area contributed by atoms with Crippen LogP contribution in [0.15, 0.2) is 48.5 Å². The van der Waals surface area contributed by atoms with Crippen LogP contribution in [0.3, 0.4) is 0 Å². The number of aryl methyl sites for hydroxylation is 1. The van der Waals surface area contributed by atoms with Gasteiger partial charge in [0.1, 0.15) is 5.75 Å². The zero-order valence-corrected chi connectivity index (χ0v) is 14.5. The topological polar surface area (TPSA) is 58.6 Å². The number of benzene rings is 2. The molecular weight excluding hydrogens is 316 g/mol. The highest BCUT2D eigenvalue weighted by Crippen LogP contribution is 2.25. The van der Waals surface area contributed by atoms with Crippen LogP contribution in [-0.2, 0) is 16.1 Å². The van der Waals surface area contributed by atoms with Crippen molar-refractivity contribution in [1.82, 2.24) is 5.32 Å². The summed E-state index contributed by atoms with van der Waals surface area (Å²) in [4.78, 5) is 26.4. The molecule has 130 valence electrons. The van der Waals surface area contributed by atoms with Gasteiger partial charge in [-0.25, -0.2) is 0 Å². The Kier molecular flexibility index (Phi) is 5.03. The number of nitrogens with one attached hydrogen (secondary N) is 1. The van der Waals surface area contributed by atoms with Crippen LogP contribution in [0, 0.1) is 12.8 Å². The summed E-state index contributed by atoms with van der Waals surface area (Å²) < 4.78 is 5.29. The summed E-state index contributed by atoms with van der Waals surface area (Å²) in [5, 5.41) is 2.92. The third kappa shape index (κ3) is 3.82. The molecule has 1 aliphatic rings. The van der Waals surface area contributed by atoms with Crippen molar-refractivity contribution >= 4 is 17.5 Å². The van der Waals surface area contributed by atoms with Crippen LogP contribution in [0.1, 0.15) is 17.5 Å². The first kappa shape index (κ1) is 17.0. The van der Waals surface area contributed by atoms with E-state index in [-0.39, 0.29) is 24.2 Å². The number of rotatable bonds is 5. The number of hydrogen-bond donors (Lipinski definition) is 1. The molecule has 5 heteroatoms. The van der Waals surface area contributed by atoms with Gasteiger partial charge in [-0.2, -0.15) is 0 Å². The Morgan fingerprint density at radius 1 is 1.20 bits per heavy atom. The lowest BCUT2D eigenvalue weighted by Gasteiger charge is -2.17. The van der Waals surface area contributed by atoms with Crippen LogP contribution in [-0.4, -0.2) is 25.5 Å². The third-order valence-electron chi connectivity index (χ3n) is 4.49. The molecule has 1 saturated heterocycles. The number of carbonyl (C=O) groups is 2. The summed E-state index contributed by atoms with van der Waals surface area (Å²) in [6, 6.07) is 15.3. The molecule has 1 fully saturated rings. The van der Waals surface area contributed by atoms with Crippen LogP contribution in [0.2, 0.25) is 0 Å². The molecule has 1 N–H and O–H groups in total. The fourth-order valence-corrected chi connectivity index (χ4v) is 3.03. The fraction of sp³-hybridized carbons (Fsp3) is 0.300. The molecule has 25 heavy (non-hydrogen) atoms. The molecule has 0 bridgehead atoms. The highest BCUT2D eigenvalue weighted by atomic mass is 16.5. The Balaban J connectivity index is 1.62. The highest BCUT2D eigenvalue weighted by molar-refractivity contribution is 6.00. The molecule has 2 aromatic rings. The normalized spacial score (nSPS) is 16.8. The average Bonchev–Trinajstić information content (AvgIpc) is 3.02. The highest BCUT2D eigenvalue weighted by Gasteiger charge is 2.34. The molecular formula is C20H22N2O3. The minimum atomic E-state index is -0.330. The molecule has 1 heterocycles. The molecule has 1 atom stereocenters. The van der Waals surface area contributed by atoms with Gasteiger partial charge in [-0.3, -0.25) is 9.59 Å². The number of methoxy groups -OCH3 is 1. The molecule has 2 aromatic carbocycles. The number of ether oxygens (including phenoxy) is 1. The summed E-state index contributed by atoms with van der Waals surface area (Å²) in [5.74, 6) is 0.297. The predicted molar refractivity (Wildman–Crippen MR) is 96.5 cm³/mol. The molecule has 0 radical (unpaired) electrons. The molecule has 3 rings (SSSR count). The van der Waals surface area contributed by atoms with Gasteiger partial charge in [-0.15, -0.1) is 0 Å². The minimum Gasteiger partial charge on any atom is -0.496 e. The van der Waals surface area contributed by atoms with Crippen molar-refractivity contribution in [1.29, 1.82) is 0 Å². The standard InChI is InChI=1S/C20H22N2O3/c1-14-7-9-17(10-8-14)22-13-16(11-19(22)23)20(24)21-12-15-5-3-4-6-18(15)25-2/h3-10,16H,11-13H2,1-2H3,(H,21,24)/t16-/m0/s1. The van der Waals surface area contributed by atoms with Gasteiger partial charge in [0.15, 0.2) is 0 Å². The molecule has 0 spiro atoms. The summed E-state index contributed by atoms with van der Waals surface area (Å²) in [6.45, 7) is 2.81. The number of carbonyl (C=O) groups excluding carboxylic acids is 2. The minimum absolute atomic E-state index is 0.0127. The van der Waals surface area contributed by atoms with Gasteiger partial charge in [0.25, 0.3) is 0 Å². The van der Waals surface area contributed by atoms with Gasteiger partial charge in [-0.05, 0) is 25.1 Å². The van der Waals surface area contributed by atoms with Crippen LogP contribution in [0.5, 0.6) is 5.75 Å². The summed E-state index contributed by atoms with van der Waals surface area (Å²) >= 11 is 0. The van der Waals surface area contributed by atoms with E-state index in [0.717, 1.165) is 22.6 Å². The first-order valence-corrected chi connectivity index (χ1v) is 8.35. The third-order valence-corrected chi connectivity index (χ3v) is 4.49. The van der Waals surface area contributed by atoms with Gasteiger partial charge >= 0.3 is 0 Å². The van der Waals surface area contributed by atoms with E-state index in [1.54, 1.807) is 12.0 Å². The Labute approximate surface area is 147 Å². The summed E-state index contributed by atoms with van der Waals surface area (Å²) in [5.41, 5.74) is 2.90. The first-order valence-electron chi connectivity index (χ1n) is 8.35. The van der Waals surface area contributed by atoms with E-state index in [2.05, 4.69) is 5.32 Å². The van der Waals surface area contributed by atoms with E-state index in [1.165, 1.54) is 0 Å². The van der Waals surface area contributed by atoms with Crippen molar-refractivity contribution in [3.8, 4) is 5.75 Å². The second kappa shape index (κ2) is 7.38. The lowest BCUT2D eigenvalue weighted by Crippen LogP contribution is -2.32. The van der Waals surface area contributed by atoms with E-state index >= 15 is 0 Å². The Bertz CT molecular complexity index is 771. The first-order chi connectivity index (χ1) is 12.1. The zero-order valence-electron chi connectivity index (χ0n) is 14.5. The second-order valence-corrected chi connectivity index (χ2v) is 6.27. The number of anilines is 1. The van der Waals surface area contributed by atoms with Crippen LogP contribution >= 0.6 is 0 Å². The zero-order chi connectivity index (χ0) is 17.8. The lowest BCUT2D eigenvalue weighted by molar-refractivity contribution is -0.126. The summed E-state index contributed by atoms with van der Waals surface area (Å²) in [7, 11) is 1.61. The largest absolute Gasteiger partial charge is 0.496 e. The SMILES string of the molecule is COc1ccccc1CNC(=O)[C@H]1CC(=O)N(c2ccc(C)cc2)C1. The fourth-order valence-electron chi connectivity index (χ4n) is 3.03. The van der Waals surface area contributed by atoms with Gasteiger partial charge in [0.2, 0.25) is 11.8 Å². The molecule has 2 amide bonds. The maximum absolute atomic E-state index is 12.5. The molecule has 5 nitrogen and oxygen atoms in total. The van der Waals surface area contributed by atoms with Crippen molar-refractivity contribution in [2.45, 2.75) is 19.9 Å². The van der Waals surface area contributed by atoms with E-state index in [0.29, 0.717) is 13.1 Å². The molecule has 0 unspecified atom stereocenters. The van der Waals surface area contributed by atoms with E-state index in [1.807, 2.05) is 55.5 Å².